The molecule has 0 heterocycles. The van der Waals surface area contributed by atoms with Crippen LogP contribution in [0.2, 0.25) is 0 Å². The van der Waals surface area contributed by atoms with Gasteiger partial charge in [0.05, 0.1) is 6.61 Å². The molecule has 2 rings (SSSR count). The Hall–Kier alpha value is -1.76. The lowest BCUT2D eigenvalue weighted by atomic mass is 10.0. The third kappa shape index (κ3) is 12.3. The Morgan fingerprint density at radius 3 is 1.73 bits per heavy atom. The number of unbranched alkanes of at least 4 members (excludes halogenated alkanes) is 10. The lowest BCUT2D eigenvalue weighted by molar-refractivity contribution is 0.300. The van der Waals surface area contributed by atoms with Crippen molar-refractivity contribution < 1.29 is 4.74 Å². The molecule has 0 saturated carbocycles. The number of hydrogen-bond acceptors (Lipinski definition) is 1. The second-order valence-corrected chi connectivity index (χ2v) is 10.0. The molecule has 0 spiro atoms. The lowest BCUT2D eigenvalue weighted by Crippen LogP contribution is -1.99. The minimum atomic E-state index is 0.823. The second-order valence-electron chi connectivity index (χ2n) is 10.0. The highest BCUT2D eigenvalue weighted by atomic mass is 16.5. The van der Waals surface area contributed by atoms with Crippen molar-refractivity contribution >= 4 is 0 Å². The van der Waals surface area contributed by atoms with E-state index in [2.05, 4.69) is 69.3 Å². The van der Waals surface area contributed by atoms with Crippen molar-refractivity contribution in [1.29, 1.82) is 0 Å². The molecule has 184 valence electrons. The Labute approximate surface area is 205 Å². The Morgan fingerprint density at radius 2 is 1.15 bits per heavy atom. The van der Waals surface area contributed by atoms with E-state index in [1.54, 1.807) is 0 Å². The van der Waals surface area contributed by atoms with Crippen molar-refractivity contribution in [2.24, 2.45) is 5.92 Å². The quantitative estimate of drug-likeness (QED) is 0.193. The third-order valence-corrected chi connectivity index (χ3v) is 7.02. The van der Waals surface area contributed by atoms with Crippen LogP contribution in [-0.4, -0.2) is 6.61 Å². The highest BCUT2D eigenvalue weighted by molar-refractivity contribution is 5.64. The van der Waals surface area contributed by atoms with Crippen LogP contribution >= 0.6 is 0 Å². The van der Waals surface area contributed by atoms with Gasteiger partial charge in [-0.3, -0.25) is 0 Å². The molecular formula is C32H50O. The van der Waals surface area contributed by atoms with Crippen LogP contribution in [0.25, 0.3) is 11.1 Å². The lowest BCUT2D eigenvalue weighted by Gasteiger charge is -2.10. The summed E-state index contributed by atoms with van der Waals surface area (Å²) in [5.41, 5.74) is 4.03. The molecule has 33 heavy (non-hydrogen) atoms. The molecule has 0 aliphatic rings. The summed E-state index contributed by atoms with van der Waals surface area (Å²) < 4.78 is 5.93. The van der Waals surface area contributed by atoms with Crippen LogP contribution in [0.4, 0.5) is 0 Å². The Bertz CT molecular complexity index is 700. The number of hydrogen-bond donors (Lipinski definition) is 0. The first-order valence-electron chi connectivity index (χ1n) is 14.0. The molecule has 2 aromatic carbocycles. The van der Waals surface area contributed by atoms with Crippen LogP contribution in [0, 0.1) is 5.92 Å². The fraction of sp³-hybridized carbons (Fsp3) is 0.625. The largest absolute Gasteiger partial charge is 0.494 e. The van der Waals surface area contributed by atoms with Gasteiger partial charge in [-0.15, -0.1) is 0 Å². The zero-order chi connectivity index (χ0) is 23.6. The summed E-state index contributed by atoms with van der Waals surface area (Å²) in [6.07, 6.45) is 20.2. The van der Waals surface area contributed by atoms with Gasteiger partial charge < -0.3 is 4.74 Å². The van der Waals surface area contributed by atoms with Crippen LogP contribution in [0.5, 0.6) is 5.75 Å². The monoisotopic (exact) mass is 450 g/mol. The van der Waals surface area contributed by atoms with Gasteiger partial charge in [-0.05, 0) is 60.4 Å². The van der Waals surface area contributed by atoms with E-state index in [9.17, 15) is 0 Å². The van der Waals surface area contributed by atoms with Crippen molar-refractivity contribution in [2.45, 2.75) is 117 Å². The van der Waals surface area contributed by atoms with E-state index in [4.69, 9.17) is 4.74 Å². The first-order valence-corrected chi connectivity index (χ1v) is 14.0. The molecule has 0 amide bonds. The summed E-state index contributed by atoms with van der Waals surface area (Å²) in [5, 5.41) is 0. The summed E-state index contributed by atoms with van der Waals surface area (Å²) in [7, 11) is 0. The van der Waals surface area contributed by atoms with Gasteiger partial charge in [-0.25, -0.2) is 0 Å². The summed E-state index contributed by atoms with van der Waals surface area (Å²) in [6.45, 7) is 7.72. The smallest absolute Gasteiger partial charge is 0.119 e. The van der Waals surface area contributed by atoms with E-state index >= 15 is 0 Å². The van der Waals surface area contributed by atoms with Crippen LogP contribution in [0.15, 0.2) is 48.5 Å². The van der Waals surface area contributed by atoms with E-state index in [1.807, 2.05) is 0 Å². The molecule has 1 nitrogen and oxygen atoms in total. The van der Waals surface area contributed by atoms with E-state index in [-0.39, 0.29) is 0 Å². The normalized spacial score (nSPS) is 12.1. The van der Waals surface area contributed by atoms with Crippen molar-refractivity contribution in [3.63, 3.8) is 0 Å². The third-order valence-electron chi connectivity index (χ3n) is 7.02. The Balaban J connectivity index is 1.60. The van der Waals surface area contributed by atoms with Crippen molar-refractivity contribution in [3.05, 3.63) is 54.1 Å². The molecular weight excluding hydrogens is 400 g/mol. The van der Waals surface area contributed by atoms with Crippen LogP contribution < -0.4 is 4.74 Å². The van der Waals surface area contributed by atoms with E-state index in [0.717, 1.165) is 24.7 Å². The molecule has 0 aromatic heterocycles. The van der Waals surface area contributed by atoms with E-state index in [0.29, 0.717) is 0 Å². The molecule has 1 heteroatoms. The standard InChI is InChI=1S/C32H50O/c1-4-6-7-8-9-10-11-12-13-14-18-29-19-21-30(22-20-29)31-23-25-32(26-24-31)33-27-16-15-17-28(3)5-2/h19-26,28H,4-18,27H2,1-3H3. The van der Waals surface area contributed by atoms with Crippen molar-refractivity contribution in [1.82, 2.24) is 0 Å². The number of benzene rings is 2. The number of aryl methyl sites for hydroxylation is 1. The highest BCUT2D eigenvalue weighted by Gasteiger charge is 2.02. The SMILES string of the molecule is CCCCCCCCCCCCc1ccc(-c2ccc(OCCCCC(C)CC)cc2)cc1. The van der Waals surface area contributed by atoms with Crippen LogP contribution in [0.1, 0.15) is 116 Å². The predicted molar refractivity (Wildman–Crippen MR) is 146 cm³/mol. The van der Waals surface area contributed by atoms with Gasteiger partial charge in [0, 0.05) is 0 Å². The van der Waals surface area contributed by atoms with Crippen LogP contribution in [-0.2, 0) is 6.42 Å². The molecule has 1 unspecified atom stereocenters. The molecule has 0 bridgehead atoms. The maximum Gasteiger partial charge on any atom is 0.119 e. The minimum Gasteiger partial charge on any atom is -0.494 e. The zero-order valence-electron chi connectivity index (χ0n) is 21.9. The summed E-state index contributed by atoms with van der Waals surface area (Å²) in [4.78, 5) is 0. The maximum atomic E-state index is 5.93. The van der Waals surface area contributed by atoms with Crippen molar-refractivity contribution in [2.75, 3.05) is 6.61 Å². The second kappa shape index (κ2) is 17.7. The molecule has 2 aromatic rings. The van der Waals surface area contributed by atoms with E-state index < -0.39 is 0 Å². The Morgan fingerprint density at radius 1 is 0.606 bits per heavy atom. The first-order chi connectivity index (χ1) is 16.2. The molecule has 0 radical (unpaired) electrons. The van der Waals surface area contributed by atoms with Gasteiger partial charge in [0.2, 0.25) is 0 Å². The van der Waals surface area contributed by atoms with Crippen LogP contribution in [0.3, 0.4) is 0 Å². The average Bonchev–Trinajstić information content (AvgIpc) is 2.85. The topological polar surface area (TPSA) is 9.23 Å². The van der Waals surface area contributed by atoms with Gasteiger partial charge in [-0.2, -0.15) is 0 Å². The minimum absolute atomic E-state index is 0.823. The fourth-order valence-electron chi connectivity index (χ4n) is 4.41. The maximum absolute atomic E-state index is 5.93. The van der Waals surface area contributed by atoms with Gasteiger partial charge >= 0.3 is 0 Å². The van der Waals surface area contributed by atoms with Gasteiger partial charge in [0.25, 0.3) is 0 Å². The van der Waals surface area contributed by atoms with Gasteiger partial charge in [0.15, 0.2) is 0 Å². The Kier molecular flexibility index (Phi) is 14.7. The fourth-order valence-corrected chi connectivity index (χ4v) is 4.41. The molecule has 0 fully saturated rings. The summed E-state index contributed by atoms with van der Waals surface area (Å²) in [5.74, 6) is 1.82. The zero-order valence-corrected chi connectivity index (χ0v) is 21.9. The predicted octanol–water partition coefficient (Wildman–Crippen LogP) is 10.4. The van der Waals surface area contributed by atoms with Gasteiger partial charge in [-0.1, -0.05) is 128 Å². The molecule has 1 atom stereocenters. The summed E-state index contributed by atoms with van der Waals surface area (Å²) in [6, 6.07) is 17.8. The number of ether oxygens (including phenoxy) is 1. The number of rotatable bonds is 19. The highest BCUT2D eigenvalue weighted by Crippen LogP contribution is 2.24. The molecule has 0 N–H and O–H groups in total. The van der Waals surface area contributed by atoms with Gasteiger partial charge in [0.1, 0.15) is 5.75 Å². The molecule has 0 aliphatic heterocycles. The summed E-state index contributed by atoms with van der Waals surface area (Å²) >= 11 is 0. The van der Waals surface area contributed by atoms with E-state index in [1.165, 1.54) is 107 Å². The molecule has 0 saturated heterocycles. The average molecular weight is 451 g/mol. The molecule has 0 aliphatic carbocycles. The first kappa shape index (κ1) is 27.5. The van der Waals surface area contributed by atoms with Crippen molar-refractivity contribution in [3.8, 4) is 16.9 Å².